The first-order valence-electron chi connectivity index (χ1n) is 5.32. The molecule has 6 heteroatoms. The summed E-state index contributed by atoms with van der Waals surface area (Å²) < 4.78 is 10.2. The van der Waals surface area contributed by atoms with Crippen molar-refractivity contribution in [3.8, 4) is 5.75 Å². The summed E-state index contributed by atoms with van der Waals surface area (Å²) in [4.78, 5) is 15.5. The van der Waals surface area contributed by atoms with Crippen molar-refractivity contribution in [2.45, 2.75) is 6.92 Å². The van der Waals surface area contributed by atoms with Gasteiger partial charge in [-0.3, -0.25) is 15.6 Å². The number of nitrogens with zero attached hydrogens (tertiary/aromatic N) is 1. The fraction of sp³-hybridized carbons (Fsp3) is 0.167. The minimum absolute atomic E-state index is 0.155. The Morgan fingerprint density at radius 3 is 2.94 bits per heavy atom. The van der Waals surface area contributed by atoms with Crippen LogP contribution in [0.5, 0.6) is 5.75 Å². The molecule has 0 aliphatic carbocycles. The van der Waals surface area contributed by atoms with E-state index in [4.69, 9.17) is 9.15 Å². The number of benzene rings is 1. The fourth-order valence-electron chi connectivity index (χ4n) is 1.36. The van der Waals surface area contributed by atoms with E-state index in [1.165, 1.54) is 6.20 Å². The normalized spacial score (nSPS) is 9.89. The summed E-state index contributed by atoms with van der Waals surface area (Å²) in [5.41, 5.74) is 5.97. The number of aryl methyl sites for hydroxylation is 1. The Labute approximate surface area is 104 Å². The van der Waals surface area contributed by atoms with E-state index in [2.05, 4.69) is 15.8 Å². The summed E-state index contributed by atoms with van der Waals surface area (Å²) in [6, 6.07) is 7.18. The zero-order valence-corrected chi connectivity index (χ0v) is 10.1. The lowest BCUT2D eigenvalue weighted by Gasteiger charge is -2.08. The first kappa shape index (κ1) is 12.0. The average Bonchev–Trinajstić information content (AvgIpc) is 2.83. The van der Waals surface area contributed by atoms with E-state index in [9.17, 15) is 4.79 Å². The number of hydrogen-bond acceptors (Lipinski definition) is 5. The number of methoxy groups -OCH3 is 1. The van der Waals surface area contributed by atoms with Gasteiger partial charge in [0, 0.05) is 13.0 Å². The van der Waals surface area contributed by atoms with Crippen LogP contribution in [0.1, 0.15) is 16.4 Å². The molecule has 0 spiro atoms. The molecule has 0 aliphatic heterocycles. The molecular formula is C12H13N3O3. The van der Waals surface area contributed by atoms with Gasteiger partial charge in [-0.25, -0.2) is 4.98 Å². The van der Waals surface area contributed by atoms with Gasteiger partial charge in [-0.15, -0.1) is 0 Å². The molecule has 0 atom stereocenters. The maximum absolute atomic E-state index is 11.6. The van der Waals surface area contributed by atoms with E-state index in [1.54, 1.807) is 26.2 Å². The van der Waals surface area contributed by atoms with E-state index in [1.807, 2.05) is 12.1 Å². The van der Waals surface area contributed by atoms with Crippen LogP contribution < -0.4 is 15.6 Å². The number of carbonyl (C=O) groups is 1. The van der Waals surface area contributed by atoms with Crippen LogP contribution in [-0.4, -0.2) is 18.0 Å². The van der Waals surface area contributed by atoms with Gasteiger partial charge in [0.15, 0.2) is 5.89 Å². The van der Waals surface area contributed by atoms with Gasteiger partial charge in [0.1, 0.15) is 5.75 Å². The Morgan fingerprint density at radius 1 is 1.44 bits per heavy atom. The van der Waals surface area contributed by atoms with E-state index in [0.29, 0.717) is 17.3 Å². The maximum atomic E-state index is 11.6. The number of oxazole rings is 1. The summed E-state index contributed by atoms with van der Waals surface area (Å²) in [5.74, 6) is 0.910. The standard InChI is InChI=1S/C12H13N3O3/c1-8-13-7-11(18-8)12(16)15-14-9-4-3-5-10(6-9)17-2/h3-7,14H,1-2H3,(H,15,16). The largest absolute Gasteiger partial charge is 0.497 e. The van der Waals surface area contributed by atoms with Crippen LogP contribution >= 0.6 is 0 Å². The van der Waals surface area contributed by atoms with Crippen LogP contribution in [0.3, 0.4) is 0 Å². The van der Waals surface area contributed by atoms with Crippen LogP contribution in [0.15, 0.2) is 34.9 Å². The SMILES string of the molecule is COc1cccc(NNC(=O)c2cnc(C)o2)c1. The summed E-state index contributed by atoms with van der Waals surface area (Å²) in [6.07, 6.45) is 1.37. The van der Waals surface area contributed by atoms with Gasteiger partial charge in [-0.05, 0) is 12.1 Å². The third-order valence-electron chi connectivity index (χ3n) is 2.24. The van der Waals surface area contributed by atoms with Crippen molar-refractivity contribution < 1.29 is 13.9 Å². The number of rotatable bonds is 4. The summed E-state index contributed by atoms with van der Waals surface area (Å²) in [5, 5.41) is 0. The maximum Gasteiger partial charge on any atom is 0.307 e. The monoisotopic (exact) mass is 247 g/mol. The second kappa shape index (κ2) is 5.22. The number of anilines is 1. The van der Waals surface area contributed by atoms with Crippen molar-refractivity contribution >= 4 is 11.6 Å². The first-order chi connectivity index (χ1) is 8.69. The zero-order chi connectivity index (χ0) is 13.0. The van der Waals surface area contributed by atoms with Crippen molar-refractivity contribution in [1.29, 1.82) is 0 Å². The Morgan fingerprint density at radius 2 is 2.28 bits per heavy atom. The number of hydrogen-bond donors (Lipinski definition) is 2. The minimum Gasteiger partial charge on any atom is -0.497 e. The molecule has 0 radical (unpaired) electrons. The van der Waals surface area contributed by atoms with E-state index >= 15 is 0 Å². The van der Waals surface area contributed by atoms with Crippen molar-refractivity contribution in [3.63, 3.8) is 0 Å². The van der Waals surface area contributed by atoms with Crippen LogP contribution in [-0.2, 0) is 0 Å². The first-order valence-corrected chi connectivity index (χ1v) is 5.32. The molecule has 0 aliphatic rings. The molecule has 0 bridgehead atoms. The van der Waals surface area contributed by atoms with Crippen molar-refractivity contribution in [1.82, 2.24) is 10.4 Å². The molecule has 2 aromatic rings. The van der Waals surface area contributed by atoms with E-state index in [-0.39, 0.29) is 5.76 Å². The molecule has 0 unspecified atom stereocenters. The second-order valence-corrected chi connectivity index (χ2v) is 3.55. The van der Waals surface area contributed by atoms with Crippen molar-refractivity contribution in [2.75, 3.05) is 12.5 Å². The molecule has 0 saturated heterocycles. The lowest BCUT2D eigenvalue weighted by Crippen LogP contribution is -2.28. The Hall–Kier alpha value is -2.50. The van der Waals surface area contributed by atoms with Gasteiger partial charge in [-0.2, -0.15) is 0 Å². The number of aromatic nitrogens is 1. The number of nitrogens with one attached hydrogen (secondary N) is 2. The summed E-state index contributed by atoms with van der Waals surface area (Å²) in [7, 11) is 1.58. The molecule has 1 aromatic heterocycles. The molecule has 94 valence electrons. The number of ether oxygens (including phenoxy) is 1. The highest BCUT2D eigenvalue weighted by molar-refractivity contribution is 5.91. The van der Waals surface area contributed by atoms with Gasteiger partial charge in [0.05, 0.1) is 19.0 Å². The highest BCUT2D eigenvalue weighted by atomic mass is 16.5. The number of amides is 1. The molecule has 1 amide bonds. The molecule has 0 saturated carbocycles. The van der Waals surface area contributed by atoms with Gasteiger partial charge in [-0.1, -0.05) is 6.07 Å². The van der Waals surface area contributed by atoms with Gasteiger partial charge >= 0.3 is 5.91 Å². The zero-order valence-electron chi connectivity index (χ0n) is 10.1. The Balaban J connectivity index is 1.97. The van der Waals surface area contributed by atoms with Gasteiger partial charge in [0.25, 0.3) is 0 Å². The smallest absolute Gasteiger partial charge is 0.307 e. The van der Waals surface area contributed by atoms with Crippen molar-refractivity contribution in [3.05, 3.63) is 42.1 Å². The molecule has 2 N–H and O–H groups in total. The molecule has 0 fully saturated rings. The highest BCUT2D eigenvalue weighted by Gasteiger charge is 2.10. The summed E-state index contributed by atoms with van der Waals surface area (Å²) in [6.45, 7) is 1.67. The van der Waals surface area contributed by atoms with Crippen LogP contribution in [0.4, 0.5) is 5.69 Å². The quantitative estimate of drug-likeness (QED) is 0.805. The lowest BCUT2D eigenvalue weighted by molar-refractivity contribution is 0.0934. The van der Waals surface area contributed by atoms with E-state index in [0.717, 1.165) is 0 Å². The number of carbonyl (C=O) groups excluding carboxylic acids is 1. The van der Waals surface area contributed by atoms with Crippen LogP contribution in [0, 0.1) is 6.92 Å². The topological polar surface area (TPSA) is 76.4 Å². The summed E-state index contributed by atoms with van der Waals surface area (Å²) >= 11 is 0. The Bertz CT molecular complexity index is 551. The third-order valence-corrected chi connectivity index (χ3v) is 2.24. The molecule has 6 nitrogen and oxygen atoms in total. The van der Waals surface area contributed by atoms with Crippen LogP contribution in [0.2, 0.25) is 0 Å². The predicted molar refractivity (Wildman–Crippen MR) is 65.3 cm³/mol. The van der Waals surface area contributed by atoms with Crippen LogP contribution in [0.25, 0.3) is 0 Å². The third kappa shape index (κ3) is 2.79. The lowest BCUT2D eigenvalue weighted by atomic mass is 10.3. The second-order valence-electron chi connectivity index (χ2n) is 3.55. The fourth-order valence-corrected chi connectivity index (χ4v) is 1.36. The van der Waals surface area contributed by atoms with E-state index < -0.39 is 5.91 Å². The molecule has 18 heavy (non-hydrogen) atoms. The minimum atomic E-state index is -0.390. The van der Waals surface area contributed by atoms with Gasteiger partial charge < -0.3 is 9.15 Å². The molecule has 1 aromatic carbocycles. The predicted octanol–water partition coefficient (Wildman–Crippen LogP) is 1.75. The Kier molecular flexibility index (Phi) is 3.47. The molecule has 1 heterocycles. The number of hydrazine groups is 1. The highest BCUT2D eigenvalue weighted by Crippen LogP contribution is 2.15. The van der Waals surface area contributed by atoms with Gasteiger partial charge in [0.2, 0.25) is 5.76 Å². The molecular weight excluding hydrogens is 234 g/mol. The van der Waals surface area contributed by atoms with Crippen molar-refractivity contribution in [2.24, 2.45) is 0 Å². The molecule has 2 rings (SSSR count). The average molecular weight is 247 g/mol.